The van der Waals surface area contributed by atoms with Crippen molar-refractivity contribution in [2.45, 2.75) is 20.4 Å². The molecule has 0 spiro atoms. The van der Waals surface area contributed by atoms with Crippen LogP contribution in [0.15, 0.2) is 24.3 Å². The lowest BCUT2D eigenvalue weighted by Crippen LogP contribution is -2.34. The minimum Gasteiger partial charge on any atom is -0.354 e. The van der Waals surface area contributed by atoms with Crippen molar-refractivity contribution in [3.05, 3.63) is 34.4 Å². The third-order valence-corrected chi connectivity index (χ3v) is 3.40. The summed E-state index contributed by atoms with van der Waals surface area (Å²) in [7, 11) is 0. The van der Waals surface area contributed by atoms with Crippen LogP contribution in [-0.2, 0) is 6.54 Å². The maximum atomic E-state index is 11.1. The van der Waals surface area contributed by atoms with Gasteiger partial charge in [-0.25, -0.2) is 0 Å². The van der Waals surface area contributed by atoms with Gasteiger partial charge in [0.1, 0.15) is 0 Å². The first kappa shape index (κ1) is 12.6. The van der Waals surface area contributed by atoms with Crippen molar-refractivity contribution >= 4 is 11.6 Å². The van der Waals surface area contributed by atoms with Crippen molar-refractivity contribution in [3.63, 3.8) is 0 Å². The van der Waals surface area contributed by atoms with Gasteiger partial charge in [-0.2, -0.15) is 0 Å². The molecule has 104 valence electrons. The molecule has 0 saturated heterocycles. The van der Waals surface area contributed by atoms with Gasteiger partial charge in [0, 0.05) is 24.6 Å². The zero-order chi connectivity index (χ0) is 14.3. The molecule has 0 unspecified atom stereocenters. The molecule has 7 heteroatoms. The van der Waals surface area contributed by atoms with E-state index in [4.69, 9.17) is 0 Å². The Labute approximate surface area is 115 Å². The molecule has 2 heterocycles. The van der Waals surface area contributed by atoms with E-state index in [1.165, 1.54) is 6.07 Å². The number of benzene rings is 1. The predicted octanol–water partition coefficient (Wildman–Crippen LogP) is 2.30. The molecule has 2 aromatic rings. The van der Waals surface area contributed by atoms with E-state index in [0.717, 1.165) is 13.1 Å². The van der Waals surface area contributed by atoms with E-state index in [1.54, 1.807) is 18.2 Å². The number of hydrogen-bond donors (Lipinski definition) is 1. The Morgan fingerprint density at radius 2 is 2.10 bits per heavy atom. The van der Waals surface area contributed by atoms with Crippen molar-refractivity contribution in [2.24, 2.45) is 5.41 Å². The first-order chi connectivity index (χ1) is 9.48. The van der Waals surface area contributed by atoms with Crippen LogP contribution in [0.25, 0.3) is 11.4 Å². The molecule has 1 aliphatic rings. The lowest BCUT2D eigenvalue weighted by Gasteiger charge is -2.31. The Balaban J connectivity index is 2.14. The van der Waals surface area contributed by atoms with Gasteiger partial charge in [0.2, 0.25) is 5.95 Å². The molecule has 1 N–H and O–H groups in total. The molecular formula is C13H15N5O2. The van der Waals surface area contributed by atoms with E-state index in [1.807, 2.05) is 4.57 Å². The first-order valence-corrected chi connectivity index (χ1v) is 6.39. The summed E-state index contributed by atoms with van der Waals surface area (Å²) >= 11 is 0. The smallest absolute Gasteiger partial charge is 0.280 e. The van der Waals surface area contributed by atoms with Gasteiger partial charge in [0.15, 0.2) is 5.82 Å². The number of rotatable bonds is 2. The SMILES string of the molecule is CC1(C)CNc2nnc(-c3ccccc3[N+](=O)[O-])n2C1. The quantitative estimate of drug-likeness (QED) is 0.670. The van der Waals surface area contributed by atoms with E-state index in [0.29, 0.717) is 17.3 Å². The van der Waals surface area contributed by atoms with E-state index in [-0.39, 0.29) is 11.1 Å². The average Bonchev–Trinajstić information content (AvgIpc) is 2.80. The third kappa shape index (κ3) is 2.01. The summed E-state index contributed by atoms with van der Waals surface area (Å²) in [4.78, 5) is 10.8. The fraction of sp³-hybridized carbons (Fsp3) is 0.385. The van der Waals surface area contributed by atoms with Crippen LogP contribution < -0.4 is 5.32 Å². The normalized spacial score (nSPS) is 16.3. The Kier molecular flexibility index (Phi) is 2.70. The van der Waals surface area contributed by atoms with E-state index in [9.17, 15) is 10.1 Å². The Morgan fingerprint density at radius 1 is 1.35 bits per heavy atom. The monoisotopic (exact) mass is 273 g/mol. The van der Waals surface area contributed by atoms with E-state index >= 15 is 0 Å². The molecule has 3 rings (SSSR count). The first-order valence-electron chi connectivity index (χ1n) is 6.39. The van der Waals surface area contributed by atoms with Gasteiger partial charge in [0.05, 0.1) is 10.5 Å². The lowest BCUT2D eigenvalue weighted by molar-refractivity contribution is -0.384. The maximum Gasteiger partial charge on any atom is 0.280 e. The molecule has 0 fully saturated rings. The molecule has 20 heavy (non-hydrogen) atoms. The fourth-order valence-corrected chi connectivity index (χ4v) is 2.41. The maximum absolute atomic E-state index is 11.1. The third-order valence-electron chi connectivity index (χ3n) is 3.40. The van der Waals surface area contributed by atoms with E-state index < -0.39 is 4.92 Å². The number of nitro groups is 1. The zero-order valence-electron chi connectivity index (χ0n) is 11.3. The van der Waals surface area contributed by atoms with Crippen molar-refractivity contribution in [1.29, 1.82) is 0 Å². The number of anilines is 1. The number of fused-ring (bicyclic) bond motifs is 1. The zero-order valence-corrected chi connectivity index (χ0v) is 11.3. The van der Waals surface area contributed by atoms with Crippen molar-refractivity contribution in [2.75, 3.05) is 11.9 Å². The Morgan fingerprint density at radius 3 is 2.85 bits per heavy atom. The highest BCUT2D eigenvalue weighted by Crippen LogP contribution is 2.34. The Hall–Kier alpha value is -2.44. The average molecular weight is 273 g/mol. The molecule has 0 aliphatic carbocycles. The highest BCUT2D eigenvalue weighted by molar-refractivity contribution is 5.69. The molecule has 0 bridgehead atoms. The highest BCUT2D eigenvalue weighted by atomic mass is 16.6. The number of nitrogens with one attached hydrogen (secondary N) is 1. The summed E-state index contributed by atoms with van der Waals surface area (Å²) < 4.78 is 1.91. The number of nitrogens with zero attached hydrogens (tertiary/aromatic N) is 4. The topological polar surface area (TPSA) is 85.9 Å². The van der Waals surface area contributed by atoms with Crippen molar-refractivity contribution in [1.82, 2.24) is 14.8 Å². The van der Waals surface area contributed by atoms with Crippen LogP contribution in [0.1, 0.15) is 13.8 Å². The molecule has 0 radical (unpaired) electrons. The van der Waals surface area contributed by atoms with E-state index in [2.05, 4.69) is 29.4 Å². The summed E-state index contributed by atoms with van der Waals surface area (Å²) in [5.41, 5.74) is 0.593. The second-order valence-corrected chi connectivity index (χ2v) is 5.73. The van der Waals surface area contributed by atoms with Crippen molar-refractivity contribution < 1.29 is 4.92 Å². The van der Waals surface area contributed by atoms with Crippen LogP contribution in [0.4, 0.5) is 11.6 Å². The van der Waals surface area contributed by atoms with Crippen molar-refractivity contribution in [3.8, 4) is 11.4 Å². The summed E-state index contributed by atoms with van der Waals surface area (Å²) in [6.45, 7) is 5.80. The minimum absolute atomic E-state index is 0.0473. The predicted molar refractivity (Wildman–Crippen MR) is 74.4 cm³/mol. The van der Waals surface area contributed by atoms with Crippen LogP contribution in [0, 0.1) is 15.5 Å². The van der Waals surface area contributed by atoms with Gasteiger partial charge in [-0.15, -0.1) is 10.2 Å². The largest absolute Gasteiger partial charge is 0.354 e. The van der Waals surface area contributed by atoms with Gasteiger partial charge in [-0.05, 0) is 6.07 Å². The second kappa shape index (κ2) is 4.29. The second-order valence-electron chi connectivity index (χ2n) is 5.73. The highest BCUT2D eigenvalue weighted by Gasteiger charge is 2.30. The van der Waals surface area contributed by atoms with Gasteiger partial charge >= 0.3 is 0 Å². The van der Waals surface area contributed by atoms with Gasteiger partial charge < -0.3 is 5.32 Å². The van der Waals surface area contributed by atoms with Crippen LogP contribution in [0.3, 0.4) is 0 Å². The lowest BCUT2D eigenvalue weighted by atomic mass is 9.92. The molecule has 7 nitrogen and oxygen atoms in total. The van der Waals surface area contributed by atoms with Crippen LogP contribution >= 0.6 is 0 Å². The standard InChI is InChI=1S/C13H15N5O2/c1-13(2)7-14-12-16-15-11(17(12)8-13)9-5-3-4-6-10(9)18(19)20/h3-6H,7-8H2,1-2H3,(H,14,16). The number of hydrogen-bond acceptors (Lipinski definition) is 5. The van der Waals surface area contributed by atoms with Crippen LogP contribution in [0.2, 0.25) is 0 Å². The molecular weight excluding hydrogens is 258 g/mol. The summed E-state index contributed by atoms with van der Waals surface area (Å²) in [6, 6.07) is 6.61. The van der Waals surface area contributed by atoms with Crippen LogP contribution in [0.5, 0.6) is 0 Å². The number of para-hydroxylation sites is 1. The number of aromatic nitrogens is 3. The molecule has 0 saturated carbocycles. The molecule has 0 atom stereocenters. The summed E-state index contributed by atoms with van der Waals surface area (Å²) in [6.07, 6.45) is 0. The minimum atomic E-state index is -0.391. The van der Waals surface area contributed by atoms with Gasteiger partial charge in [-0.1, -0.05) is 26.0 Å². The van der Waals surface area contributed by atoms with Crippen LogP contribution in [-0.4, -0.2) is 26.2 Å². The Bertz CT molecular complexity index is 677. The molecule has 1 aromatic heterocycles. The van der Waals surface area contributed by atoms with Gasteiger partial charge in [0.25, 0.3) is 5.69 Å². The summed E-state index contributed by atoms with van der Waals surface area (Å²) in [5, 5.41) is 22.6. The fourth-order valence-electron chi connectivity index (χ4n) is 2.41. The number of nitro benzene ring substituents is 1. The summed E-state index contributed by atoms with van der Waals surface area (Å²) in [5.74, 6) is 1.20. The molecule has 1 aliphatic heterocycles. The molecule has 1 aromatic carbocycles. The van der Waals surface area contributed by atoms with Gasteiger partial charge in [-0.3, -0.25) is 14.7 Å². The molecule has 0 amide bonds.